The van der Waals surface area contributed by atoms with Crippen molar-refractivity contribution in [2.75, 3.05) is 6.61 Å². The molecule has 0 amide bonds. The monoisotopic (exact) mass is 337 g/mol. The van der Waals surface area contributed by atoms with Crippen LogP contribution in [0.1, 0.15) is 18.4 Å². The van der Waals surface area contributed by atoms with Crippen LogP contribution >= 0.6 is 0 Å². The van der Waals surface area contributed by atoms with Gasteiger partial charge in [-0.2, -0.15) is 0 Å². The molecule has 1 aromatic carbocycles. The first-order valence-electron chi connectivity index (χ1n) is 7.90. The van der Waals surface area contributed by atoms with Crippen molar-refractivity contribution in [3.8, 4) is 0 Å². The Morgan fingerprint density at radius 1 is 1.13 bits per heavy atom. The summed E-state index contributed by atoms with van der Waals surface area (Å²) in [6.45, 7) is 7.30. The summed E-state index contributed by atoms with van der Waals surface area (Å²) in [5.41, 5.74) is 6.65. The van der Waals surface area contributed by atoms with Gasteiger partial charge in [0.1, 0.15) is 12.6 Å². The predicted molar refractivity (Wildman–Crippen MR) is 92.6 cm³/mol. The molecule has 5 nitrogen and oxygen atoms in total. The van der Waals surface area contributed by atoms with Crippen LogP contribution in [0.2, 0.25) is 25.7 Å². The zero-order chi connectivity index (χ0) is 17.3. The highest BCUT2D eigenvalue weighted by atomic mass is 28.3. The molecule has 0 saturated heterocycles. The third-order valence-corrected chi connectivity index (χ3v) is 5.01. The molecule has 1 atom stereocenters. The molecule has 6 heteroatoms. The minimum atomic E-state index is -1.21. The first kappa shape index (κ1) is 19.4. The summed E-state index contributed by atoms with van der Waals surface area (Å²) in [6.07, 6.45) is 0.368. The Morgan fingerprint density at radius 3 is 2.39 bits per heavy atom. The van der Waals surface area contributed by atoms with Crippen LogP contribution in [0.5, 0.6) is 0 Å². The van der Waals surface area contributed by atoms with Crippen LogP contribution in [0.25, 0.3) is 0 Å². The molecule has 128 valence electrons. The van der Waals surface area contributed by atoms with Crippen LogP contribution in [-0.4, -0.2) is 32.7 Å². The van der Waals surface area contributed by atoms with Gasteiger partial charge in [0, 0.05) is 14.5 Å². The molecule has 0 bridgehead atoms. The molecular weight excluding hydrogens is 310 g/mol. The topological polar surface area (TPSA) is 78.6 Å². The molecule has 0 fully saturated rings. The molecule has 0 unspecified atom stereocenters. The summed E-state index contributed by atoms with van der Waals surface area (Å²) >= 11 is 0. The average Bonchev–Trinajstić information content (AvgIpc) is 2.50. The summed E-state index contributed by atoms with van der Waals surface area (Å²) in [5.74, 6) is -0.807. The summed E-state index contributed by atoms with van der Waals surface area (Å²) in [4.78, 5) is 23.4. The van der Waals surface area contributed by atoms with Crippen molar-refractivity contribution in [3.05, 3.63) is 35.9 Å². The Labute approximate surface area is 139 Å². The van der Waals surface area contributed by atoms with Gasteiger partial charge in [-0.05, 0) is 18.0 Å². The zero-order valence-electron chi connectivity index (χ0n) is 14.2. The Morgan fingerprint density at radius 2 is 1.78 bits per heavy atom. The molecule has 0 radical (unpaired) electrons. The number of carbonyl (C=O) groups excluding carboxylic acids is 2. The van der Waals surface area contributed by atoms with Crippen molar-refractivity contribution in [1.82, 2.24) is 0 Å². The lowest BCUT2D eigenvalue weighted by atomic mass is 10.2. The van der Waals surface area contributed by atoms with Crippen molar-refractivity contribution in [1.29, 1.82) is 0 Å². The third kappa shape index (κ3) is 9.15. The van der Waals surface area contributed by atoms with Crippen molar-refractivity contribution in [2.24, 2.45) is 5.73 Å². The SMILES string of the molecule is C[Si](C)(C)CCOC(=O)CC[C@H](N)C(=O)OCc1ccccc1. The summed E-state index contributed by atoms with van der Waals surface area (Å²) in [6, 6.07) is 9.51. The Hall–Kier alpha value is -1.66. The van der Waals surface area contributed by atoms with E-state index in [0.29, 0.717) is 6.61 Å². The van der Waals surface area contributed by atoms with Gasteiger partial charge >= 0.3 is 11.9 Å². The normalized spacial score (nSPS) is 12.5. The quantitative estimate of drug-likeness (QED) is 0.554. The first-order chi connectivity index (χ1) is 10.8. The van der Waals surface area contributed by atoms with Crippen molar-refractivity contribution < 1.29 is 19.1 Å². The van der Waals surface area contributed by atoms with E-state index >= 15 is 0 Å². The van der Waals surface area contributed by atoms with Crippen molar-refractivity contribution in [2.45, 2.75) is 51.2 Å². The van der Waals surface area contributed by atoms with E-state index in [0.717, 1.165) is 11.6 Å². The molecule has 0 saturated carbocycles. The number of nitrogens with two attached hydrogens (primary N) is 1. The molecule has 0 spiro atoms. The molecule has 0 heterocycles. The summed E-state index contributed by atoms with van der Waals surface area (Å²) < 4.78 is 10.3. The van der Waals surface area contributed by atoms with E-state index in [1.807, 2.05) is 30.3 Å². The summed E-state index contributed by atoms with van der Waals surface area (Å²) in [5, 5.41) is 0. The van der Waals surface area contributed by atoms with Crippen LogP contribution in [0.3, 0.4) is 0 Å². The lowest BCUT2D eigenvalue weighted by molar-refractivity contribution is -0.147. The van der Waals surface area contributed by atoms with Gasteiger partial charge in [-0.15, -0.1) is 0 Å². The van der Waals surface area contributed by atoms with Gasteiger partial charge in [0.05, 0.1) is 6.61 Å². The molecule has 0 aliphatic heterocycles. The van der Waals surface area contributed by atoms with Crippen LogP contribution in [0.4, 0.5) is 0 Å². The molecular formula is C17H27NO4Si. The first-order valence-corrected chi connectivity index (χ1v) is 11.6. The zero-order valence-corrected chi connectivity index (χ0v) is 15.2. The third-order valence-electron chi connectivity index (χ3n) is 3.30. The average molecular weight is 337 g/mol. The fourth-order valence-corrected chi connectivity index (χ4v) is 2.48. The van der Waals surface area contributed by atoms with E-state index < -0.39 is 20.1 Å². The van der Waals surface area contributed by atoms with E-state index in [2.05, 4.69) is 19.6 Å². The second-order valence-corrected chi connectivity index (χ2v) is 12.4. The fraction of sp³-hybridized carbons (Fsp3) is 0.529. The lowest BCUT2D eigenvalue weighted by Gasteiger charge is -2.15. The van der Waals surface area contributed by atoms with Crippen LogP contribution < -0.4 is 5.73 Å². The largest absolute Gasteiger partial charge is 0.466 e. The smallest absolute Gasteiger partial charge is 0.323 e. The van der Waals surface area contributed by atoms with E-state index in [4.69, 9.17) is 15.2 Å². The maximum absolute atomic E-state index is 11.8. The van der Waals surface area contributed by atoms with Gasteiger partial charge in [-0.25, -0.2) is 0 Å². The molecule has 1 rings (SSSR count). The molecule has 0 aliphatic rings. The van der Waals surface area contributed by atoms with E-state index in [1.165, 1.54) is 0 Å². The van der Waals surface area contributed by atoms with Crippen molar-refractivity contribution >= 4 is 20.0 Å². The molecule has 0 aliphatic carbocycles. The maximum Gasteiger partial charge on any atom is 0.323 e. The van der Waals surface area contributed by atoms with Gasteiger partial charge in [0.2, 0.25) is 0 Å². The molecule has 2 N–H and O–H groups in total. The minimum Gasteiger partial charge on any atom is -0.466 e. The lowest BCUT2D eigenvalue weighted by Crippen LogP contribution is -2.33. The Balaban J connectivity index is 2.20. The summed E-state index contributed by atoms with van der Waals surface area (Å²) in [7, 11) is -1.21. The van der Waals surface area contributed by atoms with Crippen LogP contribution in [0, 0.1) is 0 Å². The number of hydrogen-bond donors (Lipinski definition) is 1. The van der Waals surface area contributed by atoms with Gasteiger partial charge in [-0.1, -0.05) is 50.0 Å². The van der Waals surface area contributed by atoms with E-state index in [-0.39, 0.29) is 25.4 Å². The second-order valence-electron chi connectivity index (χ2n) is 6.77. The number of hydrogen-bond acceptors (Lipinski definition) is 5. The minimum absolute atomic E-state index is 0.132. The molecule has 0 aromatic heterocycles. The highest BCUT2D eigenvalue weighted by Crippen LogP contribution is 2.09. The maximum atomic E-state index is 11.8. The number of ether oxygens (including phenoxy) is 2. The van der Waals surface area contributed by atoms with E-state index in [1.54, 1.807) is 0 Å². The predicted octanol–water partition coefficient (Wildman–Crippen LogP) is 2.72. The van der Waals surface area contributed by atoms with Crippen LogP contribution in [-0.2, 0) is 25.7 Å². The fourth-order valence-electron chi connectivity index (χ4n) is 1.77. The van der Waals surface area contributed by atoms with Crippen molar-refractivity contribution in [3.63, 3.8) is 0 Å². The standard InChI is InChI=1S/C17H27NO4Si/c1-23(2,3)12-11-21-16(19)10-9-15(18)17(20)22-13-14-7-5-4-6-8-14/h4-8,15H,9-13,18H2,1-3H3/t15-/m0/s1. The number of esters is 2. The van der Waals surface area contributed by atoms with Gasteiger partial charge in [0.25, 0.3) is 0 Å². The van der Waals surface area contributed by atoms with E-state index in [9.17, 15) is 9.59 Å². The number of carbonyl (C=O) groups is 2. The Bertz CT molecular complexity index is 499. The number of rotatable bonds is 9. The van der Waals surface area contributed by atoms with Gasteiger partial charge < -0.3 is 15.2 Å². The van der Waals surface area contributed by atoms with Gasteiger partial charge in [-0.3, -0.25) is 9.59 Å². The molecule has 23 heavy (non-hydrogen) atoms. The highest BCUT2D eigenvalue weighted by Gasteiger charge is 2.18. The number of benzene rings is 1. The van der Waals surface area contributed by atoms with Crippen LogP contribution in [0.15, 0.2) is 30.3 Å². The molecule has 1 aromatic rings. The second kappa shape index (κ2) is 9.47. The Kier molecular flexibility index (Phi) is 7.98. The highest BCUT2D eigenvalue weighted by molar-refractivity contribution is 6.76. The van der Waals surface area contributed by atoms with Gasteiger partial charge in [0.15, 0.2) is 0 Å².